The minimum Gasteiger partial charge on any atom is -0.488 e. The number of anilines is 2. The van der Waals surface area contributed by atoms with E-state index in [1.165, 1.54) is 18.9 Å². The highest BCUT2D eigenvalue weighted by Crippen LogP contribution is 2.29. The van der Waals surface area contributed by atoms with Gasteiger partial charge >= 0.3 is 0 Å². The Morgan fingerprint density at radius 3 is 2.57 bits per heavy atom. The molecule has 2 rings (SSSR count). The van der Waals surface area contributed by atoms with Crippen LogP contribution in [0.3, 0.4) is 0 Å². The van der Waals surface area contributed by atoms with E-state index in [0.29, 0.717) is 5.69 Å². The van der Waals surface area contributed by atoms with Crippen LogP contribution in [0.5, 0.6) is 5.75 Å². The summed E-state index contributed by atoms with van der Waals surface area (Å²) in [5.41, 5.74) is 7.05. The van der Waals surface area contributed by atoms with E-state index in [1.807, 2.05) is 13.8 Å². The lowest BCUT2D eigenvalue weighted by atomic mass is 10.2. The first-order valence-corrected chi connectivity index (χ1v) is 7.70. The molecule has 0 spiro atoms. The van der Waals surface area contributed by atoms with Crippen molar-refractivity contribution in [3.8, 4) is 5.75 Å². The van der Waals surface area contributed by atoms with Gasteiger partial charge in [0.25, 0.3) is 0 Å². The van der Waals surface area contributed by atoms with E-state index >= 15 is 0 Å². The number of nitrogens with two attached hydrogens (primary N) is 1. The third-order valence-corrected chi connectivity index (χ3v) is 3.60. The Morgan fingerprint density at radius 1 is 1.29 bits per heavy atom. The van der Waals surface area contributed by atoms with Gasteiger partial charge < -0.3 is 20.7 Å². The SMILES string of the molecule is CC(CN1CCCC1)Nc1cc(OC(C)C)c(F)cc1N. The molecule has 1 heterocycles. The number of rotatable bonds is 6. The zero-order valence-electron chi connectivity index (χ0n) is 13.2. The number of benzene rings is 1. The van der Waals surface area contributed by atoms with Crippen LogP contribution >= 0.6 is 0 Å². The van der Waals surface area contributed by atoms with E-state index in [1.54, 1.807) is 6.07 Å². The molecular formula is C16H26FN3O. The van der Waals surface area contributed by atoms with Gasteiger partial charge in [0.15, 0.2) is 11.6 Å². The Labute approximate surface area is 126 Å². The normalized spacial score (nSPS) is 17.2. The summed E-state index contributed by atoms with van der Waals surface area (Å²) in [5, 5.41) is 3.36. The lowest BCUT2D eigenvalue weighted by molar-refractivity contribution is 0.231. The highest BCUT2D eigenvalue weighted by Gasteiger charge is 2.16. The minimum atomic E-state index is -0.418. The molecule has 1 aromatic rings. The first kappa shape index (κ1) is 15.9. The van der Waals surface area contributed by atoms with Crippen LogP contribution in [0.4, 0.5) is 15.8 Å². The fourth-order valence-corrected chi connectivity index (χ4v) is 2.70. The van der Waals surface area contributed by atoms with Crippen molar-refractivity contribution in [2.24, 2.45) is 0 Å². The van der Waals surface area contributed by atoms with Crippen molar-refractivity contribution in [2.75, 3.05) is 30.7 Å². The van der Waals surface area contributed by atoms with Gasteiger partial charge in [-0.15, -0.1) is 0 Å². The van der Waals surface area contributed by atoms with E-state index in [2.05, 4.69) is 17.1 Å². The van der Waals surface area contributed by atoms with Crippen LogP contribution in [0.25, 0.3) is 0 Å². The summed E-state index contributed by atoms with van der Waals surface area (Å²) in [6, 6.07) is 3.23. The van der Waals surface area contributed by atoms with Crippen molar-refractivity contribution < 1.29 is 9.13 Å². The van der Waals surface area contributed by atoms with Gasteiger partial charge in [-0.1, -0.05) is 0 Å². The van der Waals surface area contributed by atoms with E-state index in [9.17, 15) is 4.39 Å². The molecule has 118 valence electrons. The molecule has 0 aromatic heterocycles. The van der Waals surface area contributed by atoms with Gasteiger partial charge in [-0.3, -0.25) is 0 Å². The average Bonchev–Trinajstić information content (AvgIpc) is 2.87. The fourth-order valence-electron chi connectivity index (χ4n) is 2.70. The zero-order chi connectivity index (χ0) is 15.4. The molecule has 5 heteroatoms. The Morgan fingerprint density at radius 2 is 1.95 bits per heavy atom. The molecule has 3 N–H and O–H groups in total. The number of nitrogens with zero attached hydrogens (tertiary/aromatic N) is 1. The zero-order valence-corrected chi connectivity index (χ0v) is 13.2. The van der Waals surface area contributed by atoms with Crippen LogP contribution in [-0.4, -0.2) is 36.7 Å². The predicted octanol–water partition coefficient (Wildman–Crippen LogP) is 3.09. The molecule has 1 saturated heterocycles. The maximum Gasteiger partial charge on any atom is 0.167 e. The van der Waals surface area contributed by atoms with E-state index < -0.39 is 5.82 Å². The van der Waals surface area contributed by atoms with E-state index in [4.69, 9.17) is 10.5 Å². The minimum absolute atomic E-state index is 0.0713. The molecular weight excluding hydrogens is 269 g/mol. The standard InChI is InChI=1S/C16H26FN3O/c1-11(2)21-16-9-15(14(18)8-13(16)17)19-12(3)10-20-6-4-5-7-20/h8-9,11-12,19H,4-7,10,18H2,1-3H3. The van der Waals surface area contributed by atoms with Gasteiger partial charge in [0.2, 0.25) is 0 Å². The summed E-state index contributed by atoms with van der Waals surface area (Å²) in [5.74, 6) is -0.172. The Balaban J connectivity index is 2.03. The number of likely N-dealkylation sites (tertiary alicyclic amines) is 1. The lowest BCUT2D eigenvalue weighted by Crippen LogP contribution is -2.33. The van der Waals surface area contributed by atoms with Crippen LogP contribution in [0.2, 0.25) is 0 Å². The molecule has 1 aromatic carbocycles. The smallest absolute Gasteiger partial charge is 0.167 e. The van der Waals surface area contributed by atoms with Crippen molar-refractivity contribution in [1.82, 2.24) is 4.90 Å². The molecule has 1 unspecified atom stereocenters. The van der Waals surface area contributed by atoms with Gasteiger partial charge in [0, 0.05) is 24.7 Å². The molecule has 0 radical (unpaired) electrons. The van der Waals surface area contributed by atoms with Gasteiger partial charge in [-0.2, -0.15) is 0 Å². The number of nitrogens with one attached hydrogen (secondary N) is 1. The van der Waals surface area contributed by atoms with Gasteiger partial charge in [-0.25, -0.2) is 4.39 Å². The maximum absolute atomic E-state index is 13.8. The molecule has 1 aliphatic rings. The molecule has 0 bridgehead atoms. The largest absolute Gasteiger partial charge is 0.488 e. The molecule has 4 nitrogen and oxygen atoms in total. The molecule has 0 aliphatic carbocycles. The summed E-state index contributed by atoms with van der Waals surface area (Å²) in [6.07, 6.45) is 2.48. The van der Waals surface area contributed by atoms with Crippen molar-refractivity contribution >= 4 is 11.4 Å². The number of hydrogen-bond donors (Lipinski definition) is 2. The Kier molecular flexibility index (Phi) is 5.28. The van der Waals surface area contributed by atoms with Gasteiger partial charge in [0.05, 0.1) is 17.5 Å². The second kappa shape index (κ2) is 6.98. The van der Waals surface area contributed by atoms with Gasteiger partial charge in [0.1, 0.15) is 0 Å². The van der Waals surface area contributed by atoms with Crippen LogP contribution in [0.1, 0.15) is 33.6 Å². The first-order valence-electron chi connectivity index (χ1n) is 7.70. The third-order valence-electron chi connectivity index (χ3n) is 3.60. The first-order chi connectivity index (χ1) is 9.95. The van der Waals surface area contributed by atoms with Crippen LogP contribution < -0.4 is 15.8 Å². The van der Waals surface area contributed by atoms with Crippen LogP contribution in [0.15, 0.2) is 12.1 Å². The van der Waals surface area contributed by atoms with Gasteiger partial charge in [-0.05, 0) is 46.7 Å². The Hall–Kier alpha value is -1.49. The van der Waals surface area contributed by atoms with Crippen LogP contribution in [-0.2, 0) is 0 Å². The molecule has 1 fully saturated rings. The highest BCUT2D eigenvalue weighted by molar-refractivity contribution is 5.69. The second-order valence-corrected chi connectivity index (χ2v) is 6.09. The summed E-state index contributed by atoms with van der Waals surface area (Å²) in [4.78, 5) is 2.43. The molecule has 21 heavy (non-hydrogen) atoms. The maximum atomic E-state index is 13.8. The third kappa shape index (κ3) is 4.49. The number of nitrogen functional groups attached to an aromatic ring is 1. The monoisotopic (exact) mass is 295 g/mol. The van der Waals surface area contributed by atoms with Crippen molar-refractivity contribution in [3.05, 3.63) is 17.9 Å². The topological polar surface area (TPSA) is 50.5 Å². The van der Waals surface area contributed by atoms with Crippen molar-refractivity contribution in [1.29, 1.82) is 0 Å². The molecule has 1 aliphatic heterocycles. The van der Waals surface area contributed by atoms with E-state index in [0.717, 1.165) is 25.3 Å². The summed E-state index contributed by atoms with van der Waals surface area (Å²) in [6.45, 7) is 9.15. The van der Waals surface area contributed by atoms with Crippen molar-refractivity contribution in [2.45, 2.75) is 45.8 Å². The number of ether oxygens (including phenoxy) is 1. The predicted molar refractivity (Wildman–Crippen MR) is 85.3 cm³/mol. The van der Waals surface area contributed by atoms with E-state index in [-0.39, 0.29) is 17.9 Å². The Bertz CT molecular complexity index is 473. The highest BCUT2D eigenvalue weighted by atomic mass is 19.1. The fraction of sp³-hybridized carbons (Fsp3) is 0.625. The summed E-state index contributed by atoms with van der Waals surface area (Å²) < 4.78 is 19.3. The van der Waals surface area contributed by atoms with Crippen LogP contribution in [0, 0.1) is 5.82 Å². The summed E-state index contributed by atoms with van der Waals surface area (Å²) >= 11 is 0. The molecule has 0 saturated carbocycles. The molecule has 1 atom stereocenters. The summed E-state index contributed by atoms with van der Waals surface area (Å²) in [7, 11) is 0. The van der Waals surface area contributed by atoms with Crippen molar-refractivity contribution in [3.63, 3.8) is 0 Å². The number of halogens is 1. The average molecular weight is 295 g/mol. The number of hydrogen-bond acceptors (Lipinski definition) is 4. The quantitative estimate of drug-likeness (QED) is 0.792. The molecule has 0 amide bonds. The second-order valence-electron chi connectivity index (χ2n) is 6.09. The lowest BCUT2D eigenvalue weighted by Gasteiger charge is -2.23.